The molecular weight excluding hydrogens is 379 g/mol. The van der Waals surface area contributed by atoms with Crippen molar-refractivity contribution in [2.24, 2.45) is 5.92 Å². The number of carbonyl (C=O) groups excluding carboxylic acids is 2. The van der Waals surface area contributed by atoms with Crippen LogP contribution in [0.1, 0.15) is 36.8 Å². The SMILES string of the molecule is CCOC(=O)C1C(c2ccc(C#N)cc2)C2=C(CCC2=O)OC1(O)C(F)(F)F. The summed E-state index contributed by atoms with van der Waals surface area (Å²) in [5, 5.41) is 19.4. The highest BCUT2D eigenvalue weighted by molar-refractivity contribution is 6.01. The highest BCUT2D eigenvalue weighted by Gasteiger charge is 2.70. The van der Waals surface area contributed by atoms with E-state index in [9.17, 15) is 27.9 Å². The van der Waals surface area contributed by atoms with Gasteiger partial charge in [-0.3, -0.25) is 9.59 Å². The lowest BCUT2D eigenvalue weighted by Crippen LogP contribution is -2.60. The maximum absolute atomic E-state index is 13.8. The van der Waals surface area contributed by atoms with Gasteiger partial charge in [0.1, 0.15) is 11.7 Å². The molecule has 1 aromatic rings. The van der Waals surface area contributed by atoms with Crippen LogP contribution in [0.3, 0.4) is 0 Å². The van der Waals surface area contributed by atoms with E-state index in [0.717, 1.165) is 0 Å². The third-order valence-corrected chi connectivity index (χ3v) is 4.87. The molecule has 3 unspecified atom stereocenters. The van der Waals surface area contributed by atoms with E-state index in [0.29, 0.717) is 0 Å². The second-order valence-electron chi connectivity index (χ2n) is 6.50. The third kappa shape index (κ3) is 3.03. The molecule has 3 atom stereocenters. The summed E-state index contributed by atoms with van der Waals surface area (Å²) in [4.78, 5) is 24.9. The highest BCUT2D eigenvalue weighted by Crippen LogP contribution is 2.54. The molecule has 0 fully saturated rings. The van der Waals surface area contributed by atoms with Crippen molar-refractivity contribution in [2.75, 3.05) is 6.61 Å². The van der Waals surface area contributed by atoms with E-state index in [1.165, 1.54) is 31.2 Å². The van der Waals surface area contributed by atoms with Gasteiger partial charge in [0.05, 0.1) is 18.2 Å². The van der Waals surface area contributed by atoms with E-state index >= 15 is 0 Å². The summed E-state index contributed by atoms with van der Waals surface area (Å²) in [6.07, 6.45) is -5.50. The van der Waals surface area contributed by atoms with Gasteiger partial charge in [-0.25, -0.2) is 0 Å². The Labute approximate surface area is 158 Å². The van der Waals surface area contributed by atoms with Crippen LogP contribution in [0.5, 0.6) is 0 Å². The predicted molar refractivity (Wildman–Crippen MR) is 87.4 cm³/mol. The molecule has 0 spiro atoms. The predicted octanol–water partition coefficient (Wildman–Crippen LogP) is 2.72. The molecular formula is C19H16F3NO5. The molecule has 0 radical (unpaired) electrons. The van der Waals surface area contributed by atoms with Crippen LogP contribution in [0.15, 0.2) is 35.6 Å². The lowest BCUT2D eigenvalue weighted by atomic mass is 9.73. The first kappa shape index (κ1) is 19.9. The number of esters is 1. The number of aliphatic hydroxyl groups is 1. The summed E-state index contributed by atoms with van der Waals surface area (Å²) in [6.45, 7) is 1.19. The topological polar surface area (TPSA) is 96.6 Å². The molecule has 0 saturated carbocycles. The van der Waals surface area contributed by atoms with Crippen molar-refractivity contribution < 1.29 is 37.3 Å². The molecule has 1 heterocycles. The standard InChI is InChI=1S/C19H16F3NO5/c1-2-27-17(25)16-14(11-5-3-10(9-23)4-6-11)15-12(24)7-8-13(15)28-18(16,26)19(20,21)22/h3-6,14,16,26H,2,7-8H2,1H3. The molecule has 1 aliphatic carbocycles. The first-order chi connectivity index (χ1) is 13.1. The number of nitriles is 1. The zero-order valence-electron chi connectivity index (χ0n) is 14.7. The van der Waals surface area contributed by atoms with Crippen LogP contribution in [0.4, 0.5) is 13.2 Å². The van der Waals surface area contributed by atoms with Gasteiger partial charge in [-0.2, -0.15) is 18.4 Å². The van der Waals surface area contributed by atoms with Gasteiger partial charge >= 0.3 is 17.9 Å². The quantitative estimate of drug-likeness (QED) is 0.791. The molecule has 9 heteroatoms. The van der Waals surface area contributed by atoms with E-state index < -0.39 is 35.6 Å². The molecule has 0 saturated heterocycles. The summed E-state index contributed by atoms with van der Waals surface area (Å²) in [5.74, 6) is -9.56. The Morgan fingerprint density at radius 1 is 1.36 bits per heavy atom. The average Bonchev–Trinajstić information content (AvgIpc) is 3.00. The van der Waals surface area contributed by atoms with Gasteiger partial charge in [0.15, 0.2) is 5.78 Å². The zero-order valence-corrected chi connectivity index (χ0v) is 14.7. The largest absolute Gasteiger partial charge is 0.466 e. The average molecular weight is 395 g/mol. The second-order valence-corrected chi connectivity index (χ2v) is 6.50. The number of alkyl halides is 3. The number of halogens is 3. The minimum absolute atomic E-state index is 0.0725. The summed E-state index contributed by atoms with van der Waals surface area (Å²) < 4.78 is 51.0. The number of ether oxygens (including phenoxy) is 2. The highest BCUT2D eigenvalue weighted by atomic mass is 19.4. The third-order valence-electron chi connectivity index (χ3n) is 4.87. The normalized spacial score (nSPS) is 27.1. The summed E-state index contributed by atoms with van der Waals surface area (Å²) in [6, 6.07) is 7.31. The van der Waals surface area contributed by atoms with Crippen molar-refractivity contribution in [3.05, 3.63) is 46.7 Å². The lowest BCUT2D eigenvalue weighted by Gasteiger charge is -2.43. The molecule has 1 N–H and O–H groups in total. The fourth-order valence-electron chi connectivity index (χ4n) is 3.63. The van der Waals surface area contributed by atoms with Crippen molar-refractivity contribution in [1.82, 2.24) is 0 Å². The molecule has 1 aliphatic heterocycles. The van der Waals surface area contributed by atoms with Crippen molar-refractivity contribution >= 4 is 11.8 Å². The van der Waals surface area contributed by atoms with Crippen molar-refractivity contribution in [3.63, 3.8) is 0 Å². The van der Waals surface area contributed by atoms with E-state index in [2.05, 4.69) is 0 Å². The molecule has 0 amide bonds. The number of ketones is 1. The Bertz CT molecular complexity index is 884. The first-order valence-corrected chi connectivity index (χ1v) is 8.55. The van der Waals surface area contributed by atoms with Gasteiger partial charge in [0.2, 0.25) is 0 Å². The van der Waals surface area contributed by atoms with Crippen LogP contribution in [0.2, 0.25) is 0 Å². The van der Waals surface area contributed by atoms with E-state index in [1.807, 2.05) is 6.07 Å². The smallest absolute Gasteiger partial charge is 0.456 e. The molecule has 1 aromatic carbocycles. The fourth-order valence-corrected chi connectivity index (χ4v) is 3.63. The Hall–Kier alpha value is -2.86. The van der Waals surface area contributed by atoms with Gasteiger partial charge in [-0.15, -0.1) is 0 Å². The van der Waals surface area contributed by atoms with Crippen LogP contribution in [0, 0.1) is 17.2 Å². The lowest BCUT2D eigenvalue weighted by molar-refractivity contribution is -0.377. The maximum atomic E-state index is 13.8. The minimum atomic E-state index is -5.32. The Morgan fingerprint density at radius 2 is 2.00 bits per heavy atom. The van der Waals surface area contributed by atoms with Crippen molar-refractivity contribution in [3.8, 4) is 6.07 Å². The molecule has 0 bridgehead atoms. The fraction of sp³-hybridized carbons (Fsp3) is 0.421. The number of rotatable bonds is 3. The van der Waals surface area contributed by atoms with Crippen molar-refractivity contribution in [1.29, 1.82) is 5.26 Å². The van der Waals surface area contributed by atoms with E-state index in [-0.39, 0.29) is 41.9 Å². The van der Waals surface area contributed by atoms with Gasteiger partial charge in [0, 0.05) is 24.3 Å². The number of hydrogen-bond acceptors (Lipinski definition) is 6. The number of Topliss-reactive ketones (excluding diaryl/α,β-unsaturated/α-hetero) is 1. The monoisotopic (exact) mass is 395 g/mol. The first-order valence-electron chi connectivity index (χ1n) is 8.55. The minimum Gasteiger partial charge on any atom is -0.466 e. The van der Waals surface area contributed by atoms with Gasteiger partial charge in [-0.1, -0.05) is 12.1 Å². The van der Waals surface area contributed by atoms with Gasteiger partial charge in [-0.05, 0) is 24.6 Å². The van der Waals surface area contributed by atoms with Gasteiger partial charge in [0.25, 0.3) is 0 Å². The summed E-state index contributed by atoms with van der Waals surface area (Å²) in [7, 11) is 0. The number of allylic oxidation sites excluding steroid dienone is 2. The molecule has 28 heavy (non-hydrogen) atoms. The number of nitrogens with zero attached hydrogens (tertiary/aromatic N) is 1. The molecule has 6 nitrogen and oxygen atoms in total. The molecule has 148 valence electrons. The summed E-state index contributed by atoms with van der Waals surface area (Å²) in [5.41, 5.74) is 0.351. The molecule has 2 aliphatic rings. The Kier molecular flexibility index (Phi) is 4.93. The van der Waals surface area contributed by atoms with Crippen LogP contribution >= 0.6 is 0 Å². The molecule has 0 aromatic heterocycles. The maximum Gasteiger partial charge on any atom is 0.456 e. The van der Waals surface area contributed by atoms with Crippen molar-refractivity contribution in [2.45, 2.75) is 37.6 Å². The number of benzene rings is 1. The number of hydrogen-bond donors (Lipinski definition) is 1. The van der Waals surface area contributed by atoms with Crippen LogP contribution in [0.25, 0.3) is 0 Å². The number of carbonyl (C=O) groups is 2. The van der Waals surface area contributed by atoms with Gasteiger partial charge < -0.3 is 14.6 Å². The van der Waals surface area contributed by atoms with E-state index in [4.69, 9.17) is 14.7 Å². The molecule has 3 rings (SSSR count). The van der Waals surface area contributed by atoms with E-state index in [1.54, 1.807) is 0 Å². The Morgan fingerprint density at radius 3 is 2.54 bits per heavy atom. The van der Waals surface area contributed by atoms with Crippen LogP contribution < -0.4 is 0 Å². The Balaban J connectivity index is 2.24. The zero-order chi connectivity index (χ0) is 20.7. The second kappa shape index (κ2) is 6.95. The van der Waals surface area contributed by atoms with Crippen LogP contribution in [-0.4, -0.2) is 35.4 Å². The van der Waals surface area contributed by atoms with Crippen LogP contribution in [-0.2, 0) is 19.1 Å². The summed E-state index contributed by atoms with van der Waals surface area (Å²) >= 11 is 0.